The van der Waals surface area contributed by atoms with Gasteiger partial charge in [0.15, 0.2) is 6.29 Å². The Hall–Kier alpha value is -2.96. The van der Waals surface area contributed by atoms with Crippen LogP contribution in [0.5, 0.6) is 0 Å². The Morgan fingerprint density at radius 2 is 1.60 bits per heavy atom. The zero-order valence-corrected chi connectivity index (χ0v) is 16.4. The number of nitro benzene ring substituents is 1. The van der Waals surface area contributed by atoms with Gasteiger partial charge in [0.25, 0.3) is 5.69 Å². The second-order valence-corrected chi connectivity index (χ2v) is 6.78. The van der Waals surface area contributed by atoms with E-state index in [-0.39, 0.29) is 12.2 Å². The molecular formula is C19H24N4O7. The molecule has 0 aliphatic carbocycles. The molecule has 30 heavy (non-hydrogen) atoms. The number of non-ortho nitro benzene ring substituents is 1. The summed E-state index contributed by atoms with van der Waals surface area (Å²) in [5.74, 6) is 0. The van der Waals surface area contributed by atoms with E-state index in [1.807, 2.05) is 19.9 Å². The van der Waals surface area contributed by atoms with Crippen LogP contribution in [0.1, 0.15) is 11.1 Å². The van der Waals surface area contributed by atoms with Crippen LogP contribution < -0.4 is 5.01 Å². The van der Waals surface area contributed by atoms with Gasteiger partial charge in [-0.1, -0.05) is 11.3 Å². The summed E-state index contributed by atoms with van der Waals surface area (Å²) in [6, 6.07) is 10.7. The van der Waals surface area contributed by atoms with E-state index < -0.39 is 29.5 Å². The van der Waals surface area contributed by atoms with Gasteiger partial charge in [-0.2, -0.15) is 0 Å². The highest BCUT2D eigenvalue weighted by atomic mass is 16.6. The first-order chi connectivity index (χ1) is 14.1. The molecule has 3 atom stereocenters. The number of benzene rings is 2. The van der Waals surface area contributed by atoms with Gasteiger partial charge < -0.3 is 25.5 Å². The molecule has 2 rings (SSSR count). The average Bonchev–Trinajstić information content (AvgIpc) is 2.72. The standard InChI is InChI=1S/C19H24N4O7/c1-11-3-6-15(9-12(11)2)22(10-16(24)17(25)18(26)19(27)28)21-20-13-4-7-14(8-5-13)23(29)30/h3-9,16-19,24-28H,10H2,1-2H3/t16-,17-,18+/m1/s1. The fourth-order valence-corrected chi connectivity index (χ4v) is 2.52. The Morgan fingerprint density at radius 3 is 2.13 bits per heavy atom. The minimum absolute atomic E-state index is 0.102. The zero-order chi connectivity index (χ0) is 22.4. The number of nitro groups is 1. The van der Waals surface area contributed by atoms with Crippen molar-refractivity contribution in [2.75, 3.05) is 11.6 Å². The van der Waals surface area contributed by atoms with Crippen molar-refractivity contribution < 1.29 is 30.5 Å². The van der Waals surface area contributed by atoms with Crippen molar-refractivity contribution in [1.29, 1.82) is 0 Å². The molecule has 0 heterocycles. The minimum Gasteiger partial charge on any atom is -0.388 e. The predicted molar refractivity (Wildman–Crippen MR) is 107 cm³/mol. The molecular weight excluding hydrogens is 396 g/mol. The number of aliphatic hydroxyl groups is 5. The summed E-state index contributed by atoms with van der Waals surface area (Å²) in [6.07, 6.45) is -7.66. The van der Waals surface area contributed by atoms with E-state index in [2.05, 4.69) is 10.3 Å². The lowest BCUT2D eigenvalue weighted by atomic mass is 10.1. The molecule has 0 aliphatic heterocycles. The van der Waals surface area contributed by atoms with Crippen LogP contribution >= 0.6 is 0 Å². The molecule has 0 radical (unpaired) electrons. The number of aryl methyl sites for hydroxylation is 2. The quantitative estimate of drug-likeness (QED) is 0.174. The van der Waals surface area contributed by atoms with Gasteiger partial charge in [-0.25, -0.2) is 5.01 Å². The van der Waals surface area contributed by atoms with E-state index in [1.165, 1.54) is 29.3 Å². The average molecular weight is 420 g/mol. The maximum absolute atomic E-state index is 10.7. The second-order valence-electron chi connectivity index (χ2n) is 6.78. The van der Waals surface area contributed by atoms with E-state index in [4.69, 9.17) is 10.2 Å². The molecule has 0 bridgehead atoms. The van der Waals surface area contributed by atoms with Crippen molar-refractivity contribution in [1.82, 2.24) is 0 Å². The molecule has 0 spiro atoms. The first kappa shape index (κ1) is 23.3. The summed E-state index contributed by atoms with van der Waals surface area (Å²) < 4.78 is 0. The van der Waals surface area contributed by atoms with Gasteiger partial charge in [0.2, 0.25) is 0 Å². The number of hydrogen-bond donors (Lipinski definition) is 5. The summed E-state index contributed by atoms with van der Waals surface area (Å²) in [7, 11) is 0. The van der Waals surface area contributed by atoms with Crippen LogP contribution in [0.4, 0.5) is 17.1 Å². The number of hydrogen-bond acceptors (Lipinski definition) is 9. The highest BCUT2D eigenvalue weighted by molar-refractivity contribution is 5.50. The summed E-state index contributed by atoms with van der Waals surface area (Å²) in [5, 5.41) is 67.8. The fourth-order valence-electron chi connectivity index (χ4n) is 2.52. The maximum atomic E-state index is 10.7. The minimum atomic E-state index is -2.23. The Labute approximate surface area is 172 Å². The fraction of sp³-hybridized carbons (Fsp3) is 0.368. The van der Waals surface area contributed by atoms with Crippen LogP contribution in [0.15, 0.2) is 52.8 Å². The second kappa shape index (κ2) is 10.2. The summed E-state index contributed by atoms with van der Waals surface area (Å²) >= 11 is 0. The van der Waals surface area contributed by atoms with Crippen molar-refractivity contribution >= 4 is 17.1 Å². The van der Waals surface area contributed by atoms with Gasteiger partial charge in [0.05, 0.1) is 22.8 Å². The van der Waals surface area contributed by atoms with Gasteiger partial charge in [-0.15, -0.1) is 5.11 Å². The molecule has 0 aromatic heterocycles. The first-order valence-corrected chi connectivity index (χ1v) is 9.01. The smallest absolute Gasteiger partial charge is 0.269 e. The predicted octanol–water partition coefficient (Wildman–Crippen LogP) is 1.11. The molecule has 2 aromatic carbocycles. The maximum Gasteiger partial charge on any atom is 0.269 e. The highest BCUT2D eigenvalue weighted by Crippen LogP contribution is 2.23. The number of anilines is 1. The Balaban J connectivity index is 2.28. The van der Waals surface area contributed by atoms with Crippen molar-refractivity contribution in [3.63, 3.8) is 0 Å². The largest absolute Gasteiger partial charge is 0.388 e. The summed E-state index contributed by atoms with van der Waals surface area (Å²) in [6.45, 7) is 3.46. The molecule has 0 unspecified atom stereocenters. The monoisotopic (exact) mass is 420 g/mol. The number of rotatable bonds is 9. The molecule has 0 saturated heterocycles. The molecule has 0 aliphatic rings. The van der Waals surface area contributed by atoms with Crippen LogP contribution in [-0.4, -0.2) is 61.6 Å². The lowest BCUT2D eigenvalue weighted by Crippen LogP contribution is -2.48. The number of aliphatic hydroxyl groups excluding tert-OH is 4. The third kappa shape index (κ3) is 6.02. The van der Waals surface area contributed by atoms with Crippen LogP contribution in [-0.2, 0) is 0 Å². The molecule has 0 saturated carbocycles. The van der Waals surface area contributed by atoms with Crippen LogP contribution in [0.2, 0.25) is 0 Å². The number of nitrogens with zero attached hydrogens (tertiary/aromatic N) is 4. The van der Waals surface area contributed by atoms with Gasteiger partial charge in [-0.05, 0) is 49.2 Å². The van der Waals surface area contributed by atoms with E-state index in [1.54, 1.807) is 12.1 Å². The first-order valence-electron chi connectivity index (χ1n) is 9.01. The van der Waals surface area contributed by atoms with Crippen molar-refractivity contribution in [2.24, 2.45) is 10.3 Å². The van der Waals surface area contributed by atoms with Gasteiger partial charge >= 0.3 is 0 Å². The Morgan fingerprint density at radius 1 is 0.967 bits per heavy atom. The van der Waals surface area contributed by atoms with Crippen molar-refractivity contribution in [2.45, 2.75) is 38.4 Å². The Kier molecular flexibility index (Phi) is 7.92. The molecule has 11 nitrogen and oxygen atoms in total. The summed E-state index contributed by atoms with van der Waals surface area (Å²) in [5.41, 5.74) is 2.69. The third-order valence-corrected chi connectivity index (χ3v) is 4.53. The van der Waals surface area contributed by atoms with E-state index in [0.717, 1.165) is 11.1 Å². The van der Waals surface area contributed by atoms with Crippen molar-refractivity contribution in [3.05, 3.63) is 63.7 Å². The molecule has 5 N–H and O–H groups in total. The van der Waals surface area contributed by atoms with Crippen LogP contribution in [0, 0.1) is 24.0 Å². The van der Waals surface area contributed by atoms with Crippen molar-refractivity contribution in [3.8, 4) is 0 Å². The lowest BCUT2D eigenvalue weighted by Gasteiger charge is -2.27. The lowest BCUT2D eigenvalue weighted by molar-refractivity contribution is -0.384. The molecule has 0 fully saturated rings. The highest BCUT2D eigenvalue weighted by Gasteiger charge is 2.31. The molecule has 11 heteroatoms. The molecule has 2 aromatic rings. The van der Waals surface area contributed by atoms with Crippen LogP contribution in [0.3, 0.4) is 0 Å². The SMILES string of the molecule is Cc1ccc(N(C[C@@H](O)[C@@H](O)[C@H](O)C(O)O)N=Nc2ccc([N+](=O)[O-])cc2)cc1C. The van der Waals surface area contributed by atoms with E-state index in [9.17, 15) is 25.4 Å². The summed E-state index contributed by atoms with van der Waals surface area (Å²) in [4.78, 5) is 10.2. The van der Waals surface area contributed by atoms with E-state index >= 15 is 0 Å². The van der Waals surface area contributed by atoms with Crippen LogP contribution in [0.25, 0.3) is 0 Å². The molecule has 0 amide bonds. The zero-order valence-electron chi connectivity index (χ0n) is 16.4. The third-order valence-electron chi connectivity index (χ3n) is 4.53. The van der Waals surface area contributed by atoms with E-state index in [0.29, 0.717) is 11.4 Å². The van der Waals surface area contributed by atoms with Gasteiger partial charge in [-0.3, -0.25) is 10.1 Å². The van der Waals surface area contributed by atoms with Gasteiger partial charge in [0.1, 0.15) is 18.3 Å². The Bertz CT molecular complexity index is 889. The topological polar surface area (TPSA) is 172 Å². The van der Waals surface area contributed by atoms with Gasteiger partial charge in [0, 0.05) is 12.1 Å². The molecule has 162 valence electrons. The normalized spacial score (nSPS) is 14.7.